The maximum absolute atomic E-state index is 13.1. The Morgan fingerprint density at radius 3 is 2.57 bits per heavy atom. The molecule has 2 heterocycles. The van der Waals surface area contributed by atoms with E-state index in [9.17, 15) is 4.79 Å². The Hall–Kier alpha value is -2.30. The van der Waals surface area contributed by atoms with E-state index in [0.29, 0.717) is 11.7 Å². The normalized spacial score (nSPS) is 13.3. The lowest BCUT2D eigenvalue weighted by Crippen LogP contribution is -2.43. The molecule has 152 valence electrons. The van der Waals surface area contributed by atoms with E-state index in [0.717, 1.165) is 36.5 Å². The molecule has 0 aliphatic carbocycles. The van der Waals surface area contributed by atoms with Crippen LogP contribution >= 0.6 is 0 Å². The third-order valence-electron chi connectivity index (χ3n) is 5.64. The summed E-state index contributed by atoms with van der Waals surface area (Å²) in [6.45, 7) is 13.3. The highest BCUT2D eigenvalue weighted by molar-refractivity contribution is 5.93. The third kappa shape index (κ3) is 3.54. The van der Waals surface area contributed by atoms with Gasteiger partial charge in [0.05, 0.1) is 18.5 Å². The Morgan fingerprint density at radius 2 is 2.00 bits per heavy atom. The minimum absolute atomic E-state index is 0.0267. The maximum atomic E-state index is 13.1. The summed E-state index contributed by atoms with van der Waals surface area (Å²) in [6, 6.07) is 4.42. The molecular formula is C23H33N3O2. The summed E-state index contributed by atoms with van der Waals surface area (Å²) >= 11 is 0. The summed E-state index contributed by atoms with van der Waals surface area (Å²) in [5, 5.41) is 0. The number of aromatic nitrogens is 2. The lowest BCUT2D eigenvalue weighted by molar-refractivity contribution is 0.0637. The van der Waals surface area contributed by atoms with Crippen molar-refractivity contribution < 1.29 is 9.53 Å². The second-order valence-electron chi connectivity index (χ2n) is 9.23. The van der Waals surface area contributed by atoms with E-state index in [1.807, 2.05) is 34.7 Å². The molecule has 28 heavy (non-hydrogen) atoms. The Balaban J connectivity index is 2.12. The molecule has 5 heteroatoms. The van der Waals surface area contributed by atoms with E-state index in [4.69, 9.17) is 9.72 Å². The molecule has 0 spiro atoms. The topological polar surface area (TPSA) is 47.4 Å². The summed E-state index contributed by atoms with van der Waals surface area (Å²) < 4.78 is 7.76. The van der Waals surface area contributed by atoms with E-state index < -0.39 is 0 Å². The third-order valence-corrected chi connectivity index (χ3v) is 5.64. The van der Waals surface area contributed by atoms with Crippen molar-refractivity contribution in [3.63, 3.8) is 0 Å². The van der Waals surface area contributed by atoms with Crippen molar-refractivity contribution in [3.8, 4) is 17.0 Å². The van der Waals surface area contributed by atoms with Crippen LogP contribution in [0.15, 0.2) is 12.1 Å². The number of hydrogen-bond acceptors (Lipinski definition) is 3. The van der Waals surface area contributed by atoms with E-state index in [2.05, 4.69) is 30.5 Å². The van der Waals surface area contributed by atoms with Crippen LogP contribution in [0, 0.1) is 12.8 Å². The number of rotatable bonds is 4. The summed E-state index contributed by atoms with van der Waals surface area (Å²) in [6.07, 6.45) is 1.83. The molecule has 0 bridgehead atoms. The van der Waals surface area contributed by atoms with E-state index >= 15 is 0 Å². The molecule has 0 fully saturated rings. The number of aryl methyl sites for hydroxylation is 2. The van der Waals surface area contributed by atoms with Gasteiger partial charge in [0.25, 0.3) is 5.91 Å². The molecule has 0 N–H and O–H groups in total. The highest BCUT2D eigenvalue weighted by Crippen LogP contribution is 2.38. The SMILES string of the molecule is COc1cc2c(cc1CC(C)C)-c1c(C)nc(C(=O)N(C)C(C)(C)C)n1CC2. The first kappa shape index (κ1) is 20.4. The fraction of sp³-hybridized carbons (Fsp3) is 0.565. The number of amides is 1. The summed E-state index contributed by atoms with van der Waals surface area (Å²) in [5.74, 6) is 2.01. The van der Waals surface area contributed by atoms with Crippen LogP contribution in [-0.4, -0.2) is 40.1 Å². The first-order valence-corrected chi connectivity index (χ1v) is 10.1. The number of carbonyl (C=O) groups is 1. The zero-order chi connectivity index (χ0) is 20.8. The van der Waals surface area contributed by atoms with Gasteiger partial charge in [-0.2, -0.15) is 0 Å². The maximum Gasteiger partial charge on any atom is 0.290 e. The molecule has 1 amide bonds. The number of imidazole rings is 1. The molecule has 0 saturated carbocycles. The summed E-state index contributed by atoms with van der Waals surface area (Å²) in [5.41, 5.74) is 5.40. The van der Waals surface area contributed by atoms with Crippen LogP contribution in [0.4, 0.5) is 0 Å². The van der Waals surface area contributed by atoms with Gasteiger partial charge in [-0.25, -0.2) is 4.98 Å². The molecular weight excluding hydrogens is 350 g/mol. The van der Waals surface area contributed by atoms with E-state index in [1.165, 1.54) is 16.7 Å². The number of benzene rings is 1. The molecule has 1 aliphatic rings. The van der Waals surface area contributed by atoms with Gasteiger partial charge in [-0.1, -0.05) is 13.8 Å². The van der Waals surface area contributed by atoms with Gasteiger partial charge in [0, 0.05) is 24.7 Å². The van der Waals surface area contributed by atoms with Crippen LogP contribution in [0.5, 0.6) is 5.75 Å². The van der Waals surface area contributed by atoms with Gasteiger partial charge in [0.15, 0.2) is 5.82 Å². The van der Waals surface area contributed by atoms with Gasteiger partial charge in [0.2, 0.25) is 0 Å². The number of nitrogens with zero attached hydrogens (tertiary/aromatic N) is 3. The van der Waals surface area contributed by atoms with Crippen molar-refractivity contribution in [1.82, 2.24) is 14.5 Å². The van der Waals surface area contributed by atoms with Crippen LogP contribution in [0.3, 0.4) is 0 Å². The van der Waals surface area contributed by atoms with Gasteiger partial charge in [-0.15, -0.1) is 0 Å². The molecule has 0 radical (unpaired) electrons. The predicted molar refractivity (Wildman–Crippen MR) is 113 cm³/mol. The van der Waals surface area contributed by atoms with Crippen LogP contribution < -0.4 is 4.74 Å². The van der Waals surface area contributed by atoms with Crippen molar-refractivity contribution in [2.24, 2.45) is 5.92 Å². The average molecular weight is 384 g/mol. The monoisotopic (exact) mass is 383 g/mol. The lowest BCUT2D eigenvalue weighted by atomic mass is 9.91. The minimum atomic E-state index is -0.248. The van der Waals surface area contributed by atoms with Crippen molar-refractivity contribution in [2.75, 3.05) is 14.2 Å². The second-order valence-corrected chi connectivity index (χ2v) is 9.23. The van der Waals surface area contributed by atoms with Gasteiger partial charge in [0.1, 0.15) is 5.75 Å². The molecule has 2 aromatic rings. The molecule has 1 aromatic carbocycles. The number of hydrogen-bond donors (Lipinski definition) is 0. The molecule has 5 nitrogen and oxygen atoms in total. The van der Waals surface area contributed by atoms with Crippen molar-refractivity contribution in [1.29, 1.82) is 0 Å². The van der Waals surface area contributed by atoms with Crippen LogP contribution in [0.2, 0.25) is 0 Å². The zero-order valence-corrected chi connectivity index (χ0v) is 18.5. The average Bonchev–Trinajstić information content (AvgIpc) is 2.95. The minimum Gasteiger partial charge on any atom is -0.496 e. The highest BCUT2D eigenvalue weighted by Gasteiger charge is 2.31. The summed E-state index contributed by atoms with van der Waals surface area (Å²) in [7, 11) is 3.59. The Bertz CT molecular complexity index is 904. The van der Waals surface area contributed by atoms with Gasteiger partial charge < -0.3 is 14.2 Å². The molecule has 3 rings (SSSR count). The smallest absolute Gasteiger partial charge is 0.290 e. The first-order chi connectivity index (χ1) is 13.0. The molecule has 0 atom stereocenters. The van der Waals surface area contributed by atoms with Crippen LogP contribution in [0.1, 0.15) is 62.1 Å². The quantitative estimate of drug-likeness (QED) is 0.781. The van der Waals surface area contributed by atoms with Gasteiger partial charge in [-0.05, 0) is 69.7 Å². The standard InChI is InChI=1S/C23H33N3O2/c1-14(2)11-17-12-18-16(13-19(17)28-8)9-10-26-20(18)15(3)24-21(26)22(27)25(7)23(4,5)6/h12-14H,9-11H2,1-8H3. The lowest BCUT2D eigenvalue weighted by Gasteiger charge is -2.32. The van der Waals surface area contributed by atoms with Crippen molar-refractivity contribution in [3.05, 3.63) is 34.8 Å². The van der Waals surface area contributed by atoms with E-state index in [-0.39, 0.29) is 11.4 Å². The zero-order valence-electron chi connectivity index (χ0n) is 18.5. The summed E-state index contributed by atoms with van der Waals surface area (Å²) in [4.78, 5) is 19.6. The molecule has 0 unspecified atom stereocenters. The van der Waals surface area contributed by atoms with Crippen molar-refractivity contribution >= 4 is 5.91 Å². The molecule has 1 aromatic heterocycles. The number of carbonyl (C=O) groups excluding carboxylic acids is 1. The Labute approximate surface area is 168 Å². The fourth-order valence-corrected chi connectivity index (χ4v) is 3.86. The number of methoxy groups -OCH3 is 1. The van der Waals surface area contributed by atoms with Crippen LogP contribution in [-0.2, 0) is 19.4 Å². The second kappa shape index (κ2) is 7.26. The Morgan fingerprint density at radius 1 is 1.32 bits per heavy atom. The Kier molecular flexibility index (Phi) is 5.30. The van der Waals surface area contributed by atoms with Gasteiger partial charge in [-0.3, -0.25) is 4.79 Å². The fourth-order valence-electron chi connectivity index (χ4n) is 3.86. The number of ether oxygens (including phenoxy) is 1. The highest BCUT2D eigenvalue weighted by atomic mass is 16.5. The largest absolute Gasteiger partial charge is 0.496 e. The first-order valence-electron chi connectivity index (χ1n) is 10.1. The van der Waals surface area contributed by atoms with E-state index in [1.54, 1.807) is 12.0 Å². The number of fused-ring (bicyclic) bond motifs is 3. The van der Waals surface area contributed by atoms with Crippen LogP contribution in [0.25, 0.3) is 11.3 Å². The van der Waals surface area contributed by atoms with Crippen molar-refractivity contribution in [2.45, 2.75) is 66.5 Å². The molecule has 1 aliphatic heterocycles. The molecule has 0 saturated heterocycles. The predicted octanol–water partition coefficient (Wildman–Crippen LogP) is 4.49. The van der Waals surface area contributed by atoms with Gasteiger partial charge >= 0.3 is 0 Å².